The summed E-state index contributed by atoms with van der Waals surface area (Å²) < 4.78 is 33.2. The highest BCUT2D eigenvalue weighted by atomic mass is 16.7. The predicted octanol–water partition coefficient (Wildman–Crippen LogP) is 2.70. The van der Waals surface area contributed by atoms with Gasteiger partial charge in [-0.2, -0.15) is 0 Å². The summed E-state index contributed by atoms with van der Waals surface area (Å²) in [6, 6.07) is 0. The van der Waals surface area contributed by atoms with E-state index >= 15 is 0 Å². The Bertz CT molecular complexity index is 1010. The van der Waals surface area contributed by atoms with Crippen molar-refractivity contribution in [1.82, 2.24) is 0 Å². The fourth-order valence-corrected chi connectivity index (χ4v) is 6.28. The van der Waals surface area contributed by atoms with Crippen molar-refractivity contribution in [2.24, 2.45) is 0 Å². The third-order valence-electron chi connectivity index (χ3n) is 9.72. The van der Waals surface area contributed by atoms with Gasteiger partial charge in [-0.05, 0) is 32.1 Å². The molecular weight excluding hydrogens is 708 g/mol. The van der Waals surface area contributed by atoms with E-state index in [0.29, 0.717) is 12.8 Å². The van der Waals surface area contributed by atoms with Crippen LogP contribution in [0.4, 0.5) is 0 Å². The Balaban J connectivity index is 1.91. The number of hydrogen-bond donors (Lipinski definition) is 7. The molecule has 15 heteroatoms. The van der Waals surface area contributed by atoms with E-state index in [2.05, 4.69) is 26.0 Å². The van der Waals surface area contributed by atoms with Crippen molar-refractivity contribution in [1.29, 1.82) is 0 Å². The van der Waals surface area contributed by atoms with Crippen LogP contribution >= 0.6 is 0 Å². The number of rotatable bonds is 29. The zero-order valence-electron chi connectivity index (χ0n) is 32.5. The Hall–Kier alpha value is -1.76. The molecule has 54 heavy (non-hydrogen) atoms. The van der Waals surface area contributed by atoms with Gasteiger partial charge in [-0.25, -0.2) is 0 Å². The van der Waals surface area contributed by atoms with E-state index in [1.165, 1.54) is 25.7 Å². The molecule has 2 heterocycles. The van der Waals surface area contributed by atoms with Crippen molar-refractivity contribution in [3.05, 3.63) is 12.2 Å². The van der Waals surface area contributed by atoms with Crippen molar-refractivity contribution in [2.45, 2.75) is 197 Å². The van der Waals surface area contributed by atoms with Crippen LogP contribution in [0, 0.1) is 0 Å². The van der Waals surface area contributed by atoms with Crippen LogP contribution in [-0.2, 0) is 38.0 Å². The third-order valence-corrected chi connectivity index (χ3v) is 9.72. The summed E-state index contributed by atoms with van der Waals surface area (Å²) >= 11 is 0. The number of esters is 2. The Labute approximate surface area is 320 Å². The molecule has 11 unspecified atom stereocenters. The topological polar surface area (TPSA) is 231 Å². The van der Waals surface area contributed by atoms with Crippen LogP contribution in [0.2, 0.25) is 0 Å². The van der Waals surface area contributed by atoms with E-state index in [1.807, 2.05) is 0 Å². The maximum atomic E-state index is 12.8. The maximum absolute atomic E-state index is 12.8. The van der Waals surface area contributed by atoms with E-state index in [4.69, 9.17) is 28.4 Å². The normalized spacial score (nSPS) is 29.4. The second-order valence-electron chi connectivity index (χ2n) is 14.5. The van der Waals surface area contributed by atoms with E-state index in [1.54, 1.807) is 0 Å². The monoisotopic (exact) mass is 778 g/mol. The highest BCUT2D eigenvalue weighted by Crippen LogP contribution is 2.26. The minimum atomic E-state index is -1.76. The first-order chi connectivity index (χ1) is 26.0. The zero-order valence-corrected chi connectivity index (χ0v) is 32.5. The molecule has 0 aromatic rings. The summed E-state index contributed by atoms with van der Waals surface area (Å²) in [5, 5.41) is 71.5. The molecule has 2 fully saturated rings. The largest absolute Gasteiger partial charge is 0.462 e. The number of hydrogen-bond acceptors (Lipinski definition) is 15. The highest BCUT2D eigenvalue weighted by molar-refractivity contribution is 5.70. The van der Waals surface area contributed by atoms with Crippen LogP contribution in [-0.4, -0.2) is 142 Å². The molecule has 0 spiro atoms. The van der Waals surface area contributed by atoms with Gasteiger partial charge in [0.2, 0.25) is 0 Å². The van der Waals surface area contributed by atoms with Gasteiger partial charge in [0.25, 0.3) is 0 Å². The predicted molar refractivity (Wildman–Crippen MR) is 197 cm³/mol. The second-order valence-corrected chi connectivity index (χ2v) is 14.5. The molecular formula is C39H70O15. The first-order valence-corrected chi connectivity index (χ1v) is 20.3. The Morgan fingerprint density at radius 3 is 1.70 bits per heavy atom. The molecule has 2 aliphatic rings. The lowest BCUT2D eigenvalue weighted by molar-refractivity contribution is -0.332. The molecule has 15 nitrogen and oxygen atoms in total. The molecule has 0 amide bonds. The zero-order chi connectivity index (χ0) is 39.7. The average Bonchev–Trinajstić information content (AvgIpc) is 3.16. The standard InChI is InChI=1S/C39H70O15/c1-3-5-7-9-11-13-14-16-18-20-22-31(42)52-27(24-49-30(41)21-19-17-15-12-10-8-6-4-2)25-50-38-37(48)35(46)33(44)29(54-38)26-51-39-36(47)34(45)32(43)28(23-40)53-39/h7,9,27-29,32-40,43-48H,3-6,8,10-26H2,1-2H3/b9-7-. The molecule has 0 saturated carbocycles. The third kappa shape index (κ3) is 18.5. The Morgan fingerprint density at radius 2 is 1.09 bits per heavy atom. The molecule has 0 aliphatic carbocycles. The lowest BCUT2D eigenvalue weighted by Gasteiger charge is -2.42. The highest BCUT2D eigenvalue weighted by Gasteiger charge is 2.47. The van der Waals surface area contributed by atoms with Gasteiger partial charge in [-0.1, -0.05) is 96.6 Å². The number of carbonyl (C=O) groups excluding carboxylic acids is 2. The van der Waals surface area contributed by atoms with Crippen LogP contribution in [0.1, 0.15) is 129 Å². The van der Waals surface area contributed by atoms with Crippen molar-refractivity contribution >= 4 is 11.9 Å². The van der Waals surface area contributed by atoms with Gasteiger partial charge in [0.15, 0.2) is 18.7 Å². The summed E-state index contributed by atoms with van der Waals surface area (Å²) in [7, 11) is 0. The number of allylic oxidation sites excluding steroid dienone is 2. The summed E-state index contributed by atoms with van der Waals surface area (Å²) in [6.45, 7) is 2.44. The van der Waals surface area contributed by atoms with Crippen LogP contribution in [0.5, 0.6) is 0 Å². The molecule has 0 radical (unpaired) electrons. The maximum Gasteiger partial charge on any atom is 0.306 e. The Kier molecular flexibility index (Phi) is 25.6. The number of aliphatic hydroxyl groups excluding tert-OH is 7. The van der Waals surface area contributed by atoms with Crippen LogP contribution in [0.3, 0.4) is 0 Å². The van der Waals surface area contributed by atoms with Gasteiger partial charge in [0.05, 0.1) is 19.8 Å². The first kappa shape index (κ1) is 48.4. The SMILES string of the molecule is CCC/C=C\CCCCCCCC(=O)OC(COC(=O)CCCCCCCCCC)COC1OC(COC2OC(CO)C(O)C(O)C2O)C(O)C(O)C1O. The second kappa shape index (κ2) is 28.6. The van der Waals surface area contributed by atoms with Gasteiger partial charge in [-0.15, -0.1) is 0 Å². The van der Waals surface area contributed by atoms with Gasteiger partial charge in [-0.3, -0.25) is 9.59 Å². The molecule has 316 valence electrons. The summed E-state index contributed by atoms with van der Waals surface area (Å²) in [4.78, 5) is 25.3. The summed E-state index contributed by atoms with van der Waals surface area (Å²) in [5.41, 5.74) is 0. The van der Waals surface area contributed by atoms with Gasteiger partial charge in [0.1, 0.15) is 55.4 Å². The fraction of sp³-hybridized carbons (Fsp3) is 0.897. The first-order valence-electron chi connectivity index (χ1n) is 20.3. The van der Waals surface area contributed by atoms with Crippen molar-refractivity contribution in [3.63, 3.8) is 0 Å². The minimum absolute atomic E-state index is 0.157. The lowest BCUT2D eigenvalue weighted by Crippen LogP contribution is -2.61. The summed E-state index contributed by atoms with van der Waals surface area (Å²) in [5.74, 6) is -0.943. The minimum Gasteiger partial charge on any atom is -0.462 e. The molecule has 0 aromatic heterocycles. The fourth-order valence-electron chi connectivity index (χ4n) is 6.28. The Morgan fingerprint density at radius 1 is 0.574 bits per heavy atom. The number of aliphatic hydroxyl groups is 7. The molecule has 2 saturated heterocycles. The van der Waals surface area contributed by atoms with Crippen LogP contribution < -0.4 is 0 Å². The van der Waals surface area contributed by atoms with Crippen molar-refractivity contribution in [3.8, 4) is 0 Å². The molecule has 7 N–H and O–H groups in total. The molecule has 2 aliphatic heterocycles. The van der Waals surface area contributed by atoms with Crippen LogP contribution in [0.15, 0.2) is 12.2 Å². The average molecular weight is 779 g/mol. The lowest BCUT2D eigenvalue weighted by atomic mass is 9.98. The van der Waals surface area contributed by atoms with Gasteiger partial charge < -0.3 is 64.2 Å². The molecule has 2 rings (SSSR count). The molecule has 0 aromatic carbocycles. The summed E-state index contributed by atoms with van der Waals surface area (Å²) in [6.07, 6.45) is 4.41. The van der Waals surface area contributed by atoms with E-state index in [-0.39, 0.29) is 26.1 Å². The van der Waals surface area contributed by atoms with Crippen LogP contribution in [0.25, 0.3) is 0 Å². The number of carbonyl (C=O) groups is 2. The molecule has 0 bridgehead atoms. The van der Waals surface area contributed by atoms with Crippen molar-refractivity contribution < 1.29 is 73.8 Å². The van der Waals surface area contributed by atoms with E-state index in [9.17, 15) is 45.3 Å². The van der Waals surface area contributed by atoms with Gasteiger partial charge in [0, 0.05) is 12.8 Å². The van der Waals surface area contributed by atoms with E-state index in [0.717, 1.165) is 64.2 Å². The van der Waals surface area contributed by atoms with Crippen molar-refractivity contribution in [2.75, 3.05) is 26.4 Å². The number of ether oxygens (including phenoxy) is 6. The number of unbranched alkanes of at least 4 members (excludes halogenated alkanes) is 13. The molecule has 11 atom stereocenters. The van der Waals surface area contributed by atoms with E-state index < -0.39 is 92.7 Å². The van der Waals surface area contributed by atoms with Gasteiger partial charge >= 0.3 is 11.9 Å². The smallest absolute Gasteiger partial charge is 0.306 e. The quantitative estimate of drug-likeness (QED) is 0.0329.